The highest BCUT2D eigenvalue weighted by Gasteiger charge is 2.51. The molecule has 13 rings (SSSR count). The van der Waals surface area contributed by atoms with Gasteiger partial charge in [0.15, 0.2) is 0 Å². The second kappa shape index (κ2) is 14.8. The number of hydrogen-bond acceptors (Lipinski definition) is 4. The lowest BCUT2D eigenvalue weighted by Gasteiger charge is -2.53. The van der Waals surface area contributed by atoms with Gasteiger partial charge in [-0.1, -0.05) is 69.6 Å². The molecule has 11 aliphatic carbocycles. The van der Waals surface area contributed by atoms with Crippen molar-refractivity contribution in [2.75, 3.05) is 0 Å². The maximum Gasteiger partial charge on any atom is 0.295 e. The lowest BCUT2D eigenvalue weighted by atomic mass is 9.52. The molecule has 0 aliphatic heterocycles. The van der Waals surface area contributed by atoms with Crippen LogP contribution in [0.15, 0.2) is 40.1 Å². The lowest BCUT2D eigenvalue weighted by molar-refractivity contribution is 0.0198. The van der Waals surface area contributed by atoms with Gasteiger partial charge in [-0.25, -0.2) is 0 Å². The Morgan fingerprint density at radius 2 is 1.14 bits per heavy atom. The Bertz CT molecular complexity index is 2000. The van der Waals surface area contributed by atoms with Crippen molar-refractivity contribution in [3.05, 3.63) is 58.1 Å². The summed E-state index contributed by atoms with van der Waals surface area (Å²) in [4.78, 5) is 0.373. The van der Waals surface area contributed by atoms with E-state index in [1.807, 2.05) is 0 Å². The summed E-state index contributed by atoms with van der Waals surface area (Å²) in [6.45, 7) is 0. The van der Waals surface area contributed by atoms with E-state index < -0.39 is 20.2 Å². The Kier molecular flexibility index (Phi) is 10.1. The molecule has 0 radical (unpaired) electrons. The number of rotatable bonds is 8. The molecule has 11 aliphatic rings. The van der Waals surface area contributed by atoms with Crippen molar-refractivity contribution in [1.82, 2.24) is 0 Å². The van der Waals surface area contributed by atoms with Gasteiger partial charge in [0, 0.05) is 0 Å². The van der Waals surface area contributed by atoms with Gasteiger partial charge in [0.1, 0.15) is 4.90 Å². The molecule has 7 unspecified atom stereocenters. The van der Waals surface area contributed by atoms with E-state index in [0.717, 1.165) is 105 Å². The molecule has 2 aromatic carbocycles. The molecule has 11 fully saturated rings. The fraction of sp³-hybridized carbons (Fsp3) is 0.750. The van der Waals surface area contributed by atoms with Crippen LogP contribution in [0.1, 0.15) is 206 Å². The van der Waals surface area contributed by atoms with Crippen LogP contribution in [0.4, 0.5) is 0 Å². The molecule has 0 aromatic heterocycles. The topological polar surface area (TPSA) is 109 Å². The molecule has 0 amide bonds. The number of hydrogen-bond donors (Lipinski definition) is 2. The Labute approximate surface area is 337 Å². The summed E-state index contributed by atoms with van der Waals surface area (Å²) in [6, 6.07) is 10.5. The van der Waals surface area contributed by atoms with Crippen molar-refractivity contribution in [2.45, 2.75) is 193 Å². The van der Waals surface area contributed by atoms with Gasteiger partial charge in [-0.05, 0) is 213 Å². The summed E-state index contributed by atoms with van der Waals surface area (Å²) < 4.78 is 74.8. The maximum absolute atomic E-state index is 14.0. The molecule has 6 nitrogen and oxygen atoms in total. The molecule has 6 bridgehead atoms. The molecule has 11 saturated carbocycles. The van der Waals surface area contributed by atoms with Gasteiger partial charge < -0.3 is 0 Å². The Balaban J connectivity index is 1.01. The SMILES string of the molecule is O=S(=O)(O)c1cc(C2CCCCC2)cc(C2CCCC(C3CC4CCC3C(c3cc(C5CC6CCC5CC6)cc(C56CCC(CC5)CC6)c3S(=O)(=O)O)C4)C2)c1. The summed E-state index contributed by atoms with van der Waals surface area (Å²) in [6.07, 6.45) is 27.7. The van der Waals surface area contributed by atoms with Crippen LogP contribution in [0.5, 0.6) is 0 Å². The van der Waals surface area contributed by atoms with Crippen LogP contribution in [0.3, 0.4) is 0 Å². The summed E-state index contributed by atoms with van der Waals surface area (Å²) in [5, 5.41) is 0. The molecule has 2 N–H and O–H groups in total. The fourth-order valence-electron chi connectivity index (χ4n) is 15.4. The van der Waals surface area contributed by atoms with Crippen molar-refractivity contribution in [2.24, 2.45) is 41.4 Å². The van der Waals surface area contributed by atoms with Crippen molar-refractivity contribution in [3.63, 3.8) is 0 Å². The highest BCUT2D eigenvalue weighted by atomic mass is 32.2. The summed E-state index contributed by atoms with van der Waals surface area (Å²) in [5.74, 6) is 5.42. The zero-order valence-electron chi connectivity index (χ0n) is 33.6. The first kappa shape index (κ1) is 38.5. The molecule has 0 heterocycles. The van der Waals surface area contributed by atoms with Crippen LogP contribution in [0, 0.1) is 41.4 Å². The third-order valence-electron chi connectivity index (χ3n) is 18.2. The second-order valence-electron chi connectivity index (χ2n) is 21.0. The van der Waals surface area contributed by atoms with Gasteiger partial charge in [0.05, 0.1) is 4.90 Å². The van der Waals surface area contributed by atoms with Gasteiger partial charge in [0.25, 0.3) is 20.2 Å². The van der Waals surface area contributed by atoms with Gasteiger partial charge in [-0.15, -0.1) is 0 Å². The molecule has 306 valence electrons. The molecule has 7 atom stereocenters. The first-order chi connectivity index (χ1) is 26.9. The van der Waals surface area contributed by atoms with E-state index in [1.54, 1.807) is 12.1 Å². The number of fused-ring (bicyclic) bond motifs is 9. The molecule has 0 spiro atoms. The molecular formula is C48H66O6S2. The minimum Gasteiger partial charge on any atom is -0.282 e. The zero-order valence-corrected chi connectivity index (χ0v) is 35.2. The maximum atomic E-state index is 14.0. The standard InChI is InChI=1S/C48H66O6S2/c49-55(50,51)40-26-37(33-5-2-1-3-6-33)25-38(27-40)35-7-4-8-36(24-35)43-22-32-11-14-41(43)44(23-32)45-28-39(42-21-31-9-12-34(42)13-10-31)29-46(47(45)56(52,53)54)48-18-15-30(16-19-48)17-20-48/h25-36,41-44H,1-24H2,(H,49,50,51)(H,52,53,54). The molecule has 2 aromatic rings. The quantitative estimate of drug-likeness (QED) is 0.257. The van der Waals surface area contributed by atoms with Crippen molar-refractivity contribution >= 4 is 20.2 Å². The Hall–Kier alpha value is -1.74. The third-order valence-corrected chi connectivity index (χ3v) is 20.0. The third kappa shape index (κ3) is 7.08. The zero-order chi connectivity index (χ0) is 38.4. The Morgan fingerprint density at radius 1 is 0.482 bits per heavy atom. The average molecular weight is 803 g/mol. The first-order valence-corrected chi connectivity index (χ1v) is 26.1. The summed E-state index contributed by atoms with van der Waals surface area (Å²) in [5.41, 5.74) is 5.39. The van der Waals surface area contributed by atoms with E-state index in [2.05, 4.69) is 18.2 Å². The molecular weight excluding hydrogens is 737 g/mol. The smallest absolute Gasteiger partial charge is 0.282 e. The van der Waals surface area contributed by atoms with Crippen molar-refractivity contribution < 1.29 is 25.9 Å². The second-order valence-corrected chi connectivity index (χ2v) is 23.7. The average Bonchev–Trinajstić information content (AvgIpc) is 3.24. The van der Waals surface area contributed by atoms with Crippen LogP contribution in [0.25, 0.3) is 0 Å². The minimum absolute atomic E-state index is 0.0556. The highest BCUT2D eigenvalue weighted by molar-refractivity contribution is 7.86. The van der Waals surface area contributed by atoms with Gasteiger partial charge in [-0.2, -0.15) is 16.8 Å². The molecule has 56 heavy (non-hydrogen) atoms. The predicted octanol–water partition coefficient (Wildman–Crippen LogP) is 12.2. The van der Waals surface area contributed by atoms with Gasteiger partial charge in [-0.3, -0.25) is 9.11 Å². The van der Waals surface area contributed by atoms with Gasteiger partial charge >= 0.3 is 0 Å². The van der Waals surface area contributed by atoms with Crippen molar-refractivity contribution in [1.29, 1.82) is 0 Å². The van der Waals surface area contributed by atoms with E-state index in [-0.39, 0.29) is 22.1 Å². The molecule has 8 heteroatoms. The summed E-state index contributed by atoms with van der Waals surface area (Å²) in [7, 11) is -8.78. The predicted molar refractivity (Wildman–Crippen MR) is 220 cm³/mol. The minimum atomic E-state index is -4.45. The highest BCUT2D eigenvalue weighted by Crippen LogP contribution is 2.61. The van der Waals surface area contributed by atoms with Crippen molar-refractivity contribution in [3.8, 4) is 0 Å². The van der Waals surface area contributed by atoms with Gasteiger partial charge in [0.2, 0.25) is 0 Å². The van der Waals surface area contributed by atoms with Crippen LogP contribution < -0.4 is 0 Å². The van der Waals surface area contributed by atoms with Crippen LogP contribution in [-0.2, 0) is 25.7 Å². The van der Waals surface area contributed by atoms with Crippen LogP contribution >= 0.6 is 0 Å². The van der Waals surface area contributed by atoms with E-state index in [0.29, 0.717) is 46.3 Å². The monoisotopic (exact) mass is 802 g/mol. The lowest BCUT2D eigenvalue weighted by Crippen LogP contribution is -2.43. The first-order valence-electron chi connectivity index (χ1n) is 23.2. The number of benzene rings is 2. The fourth-order valence-corrected chi connectivity index (χ4v) is 17.0. The largest absolute Gasteiger partial charge is 0.295 e. The summed E-state index contributed by atoms with van der Waals surface area (Å²) >= 11 is 0. The molecule has 0 saturated heterocycles. The van der Waals surface area contributed by atoms with E-state index in [4.69, 9.17) is 0 Å². The van der Waals surface area contributed by atoms with E-state index >= 15 is 0 Å². The van der Waals surface area contributed by atoms with E-state index in [9.17, 15) is 25.9 Å². The van der Waals surface area contributed by atoms with Crippen LogP contribution in [-0.4, -0.2) is 25.9 Å². The normalized spacial score (nSPS) is 38.9. The Morgan fingerprint density at radius 3 is 1.79 bits per heavy atom. The van der Waals surface area contributed by atoms with E-state index in [1.165, 1.54) is 89.0 Å². The van der Waals surface area contributed by atoms with Crippen LogP contribution in [0.2, 0.25) is 0 Å².